The van der Waals surface area contributed by atoms with Crippen molar-refractivity contribution in [2.45, 2.75) is 32.2 Å². The van der Waals surface area contributed by atoms with Crippen molar-refractivity contribution in [1.82, 2.24) is 10.3 Å². The van der Waals surface area contributed by atoms with Crippen LogP contribution in [0.4, 0.5) is 0 Å². The van der Waals surface area contributed by atoms with Gasteiger partial charge in [-0.25, -0.2) is 0 Å². The lowest BCUT2D eigenvalue weighted by atomic mass is 9.94. The molecule has 0 aliphatic carbocycles. The first-order valence-corrected chi connectivity index (χ1v) is 6.20. The number of nitrogens with zero attached hydrogens (tertiary/aromatic N) is 2. The van der Waals surface area contributed by atoms with Crippen LogP contribution in [0.25, 0.3) is 0 Å². The number of carbonyl (C=O) groups is 1. The van der Waals surface area contributed by atoms with E-state index in [0.29, 0.717) is 18.4 Å². The van der Waals surface area contributed by atoms with E-state index < -0.39 is 5.54 Å². The summed E-state index contributed by atoms with van der Waals surface area (Å²) in [4.78, 5) is 15.9. The van der Waals surface area contributed by atoms with Gasteiger partial charge in [0.15, 0.2) is 0 Å². The summed E-state index contributed by atoms with van der Waals surface area (Å²) < 4.78 is 0.737. The molecular weight excluding hydrogens is 282 g/mol. The van der Waals surface area contributed by atoms with E-state index in [0.717, 1.165) is 4.47 Å². The normalized spacial score (nSPS) is 10.7. The highest BCUT2D eigenvalue weighted by Crippen LogP contribution is 2.16. The van der Waals surface area contributed by atoms with Gasteiger partial charge in [0.25, 0.3) is 5.91 Å². The lowest BCUT2D eigenvalue weighted by Gasteiger charge is -2.24. The minimum atomic E-state index is -0.792. The number of hydrogen-bond acceptors (Lipinski definition) is 3. The second kappa shape index (κ2) is 5.78. The molecule has 1 rings (SSSR count). The van der Waals surface area contributed by atoms with Gasteiger partial charge in [0.1, 0.15) is 5.54 Å². The minimum absolute atomic E-state index is 0.274. The number of pyridine rings is 1. The molecule has 0 aromatic carbocycles. The second-order valence-corrected chi connectivity index (χ2v) is 4.66. The molecule has 1 amide bonds. The van der Waals surface area contributed by atoms with Crippen molar-refractivity contribution in [3.8, 4) is 6.07 Å². The van der Waals surface area contributed by atoms with Crippen LogP contribution in [0.1, 0.15) is 37.0 Å². The van der Waals surface area contributed by atoms with Crippen LogP contribution in [-0.4, -0.2) is 16.4 Å². The summed E-state index contributed by atoms with van der Waals surface area (Å²) in [5.41, 5.74) is -0.347. The predicted molar refractivity (Wildman–Crippen MR) is 68.3 cm³/mol. The third-order valence-electron chi connectivity index (χ3n) is 2.74. The average molecular weight is 296 g/mol. The van der Waals surface area contributed by atoms with Crippen LogP contribution < -0.4 is 5.32 Å². The van der Waals surface area contributed by atoms with Crippen molar-refractivity contribution in [1.29, 1.82) is 5.26 Å². The summed E-state index contributed by atoms with van der Waals surface area (Å²) in [5, 5.41) is 11.9. The summed E-state index contributed by atoms with van der Waals surface area (Å²) in [6.45, 7) is 3.76. The van der Waals surface area contributed by atoms with E-state index >= 15 is 0 Å². The highest BCUT2D eigenvalue weighted by molar-refractivity contribution is 9.10. The zero-order chi connectivity index (χ0) is 12.9. The predicted octanol–water partition coefficient (Wildman–Crippen LogP) is 2.66. The Labute approximate surface area is 109 Å². The Morgan fingerprint density at radius 1 is 1.53 bits per heavy atom. The van der Waals surface area contributed by atoms with Crippen molar-refractivity contribution < 1.29 is 4.79 Å². The largest absolute Gasteiger partial charge is 0.334 e. The van der Waals surface area contributed by atoms with Crippen LogP contribution in [0.2, 0.25) is 0 Å². The molecule has 4 nitrogen and oxygen atoms in total. The maximum atomic E-state index is 12.0. The zero-order valence-electron chi connectivity index (χ0n) is 9.83. The number of hydrogen-bond donors (Lipinski definition) is 1. The summed E-state index contributed by atoms with van der Waals surface area (Å²) in [5.74, 6) is -0.274. The van der Waals surface area contributed by atoms with E-state index in [1.54, 1.807) is 12.3 Å². The number of halogens is 1. The number of aromatic nitrogens is 1. The van der Waals surface area contributed by atoms with Gasteiger partial charge in [-0.05, 0) is 34.8 Å². The van der Waals surface area contributed by atoms with Crippen molar-refractivity contribution >= 4 is 21.8 Å². The summed E-state index contributed by atoms with van der Waals surface area (Å²) >= 11 is 3.25. The number of nitrogens with one attached hydrogen (secondary N) is 1. The van der Waals surface area contributed by atoms with Gasteiger partial charge in [0.2, 0.25) is 0 Å². The van der Waals surface area contributed by atoms with Gasteiger partial charge in [-0.15, -0.1) is 0 Å². The fourth-order valence-corrected chi connectivity index (χ4v) is 1.80. The molecule has 0 saturated heterocycles. The molecule has 0 aliphatic rings. The molecule has 0 fully saturated rings. The van der Waals surface area contributed by atoms with E-state index in [1.807, 2.05) is 13.8 Å². The molecule has 0 atom stereocenters. The first-order valence-electron chi connectivity index (χ1n) is 5.41. The number of carbonyl (C=O) groups excluding carboxylic acids is 1. The van der Waals surface area contributed by atoms with Gasteiger partial charge in [0, 0.05) is 16.9 Å². The van der Waals surface area contributed by atoms with Crippen LogP contribution in [0.5, 0.6) is 0 Å². The van der Waals surface area contributed by atoms with Crippen LogP contribution >= 0.6 is 15.9 Å². The Morgan fingerprint density at radius 2 is 2.18 bits per heavy atom. The molecule has 0 spiro atoms. The topological polar surface area (TPSA) is 65.8 Å². The summed E-state index contributed by atoms with van der Waals surface area (Å²) in [7, 11) is 0. The Bertz CT molecular complexity index is 449. The molecule has 1 N–H and O–H groups in total. The van der Waals surface area contributed by atoms with Crippen molar-refractivity contribution in [3.63, 3.8) is 0 Å². The van der Waals surface area contributed by atoms with Gasteiger partial charge < -0.3 is 5.32 Å². The lowest BCUT2D eigenvalue weighted by Crippen LogP contribution is -2.46. The number of nitriles is 1. The quantitative estimate of drug-likeness (QED) is 0.929. The number of rotatable bonds is 4. The van der Waals surface area contributed by atoms with Crippen molar-refractivity contribution in [2.24, 2.45) is 0 Å². The molecule has 0 unspecified atom stereocenters. The first kappa shape index (κ1) is 13.7. The van der Waals surface area contributed by atoms with Crippen LogP contribution in [0.15, 0.2) is 22.9 Å². The van der Waals surface area contributed by atoms with Gasteiger partial charge in [-0.3, -0.25) is 9.78 Å². The lowest BCUT2D eigenvalue weighted by molar-refractivity contribution is 0.0915. The molecule has 0 saturated carbocycles. The molecule has 0 bridgehead atoms. The molecule has 0 aliphatic heterocycles. The Balaban J connectivity index is 2.89. The molecule has 0 radical (unpaired) electrons. The van der Waals surface area contributed by atoms with E-state index in [2.05, 4.69) is 32.3 Å². The van der Waals surface area contributed by atoms with E-state index in [4.69, 9.17) is 5.26 Å². The maximum Gasteiger partial charge on any atom is 0.254 e. The molecule has 5 heteroatoms. The fraction of sp³-hybridized carbons (Fsp3) is 0.417. The first-order chi connectivity index (χ1) is 8.06. The van der Waals surface area contributed by atoms with E-state index in [-0.39, 0.29) is 5.91 Å². The SMILES string of the molecule is CCC(C#N)(CC)NC(=O)c1cncc(Br)c1. The van der Waals surface area contributed by atoms with Crippen LogP contribution in [0.3, 0.4) is 0 Å². The fourth-order valence-electron chi connectivity index (χ4n) is 1.44. The highest BCUT2D eigenvalue weighted by Gasteiger charge is 2.28. The maximum absolute atomic E-state index is 12.0. The monoisotopic (exact) mass is 295 g/mol. The third-order valence-corrected chi connectivity index (χ3v) is 3.17. The molecule has 17 heavy (non-hydrogen) atoms. The Hall–Kier alpha value is -1.41. The summed E-state index contributed by atoms with van der Waals surface area (Å²) in [6.07, 6.45) is 4.24. The summed E-state index contributed by atoms with van der Waals surface area (Å²) in [6, 6.07) is 3.84. The average Bonchev–Trinajstić information content (AvgIpc) is 2.36. The van der Waals surface area contributed by atoms with Crippen molar-refractivity contribution in [2.75, 3.05) is 0 Å². The smallest absolute Gasteiger partial charge is 0.254 e. The van der Waals surface area contributed by atoms with Crippen LogP contribution in [-0.2, 0) is 0 Å². The van der Waals surface area contributed by atoms with Crippen molar-refractivity contribution in [3.05, 3.63) is 28.5 Å². The highest BCUT2D eigenvalue weighted by atomic mass is 79.9. The Morgan fingerprint density at radius 3 is 2.65 bits per heavy atom. The molecule has 90 valence electrons. The van der Waals surface area contributed by atoms with Gasteiger partial charge >= 0.3 is 0 Å². The Kier molecular flexibility index (Phi) is 4.64. The standard InChI is InChI=1S/C12H14BrN3O/c1-3-12(4-2,8-14)16-11(17)9-5-10(13)7-15-6-9/h5-7H,3-4H2,1-2H3,(H,16,17). The van der Waals surface area contributed by atoms with Gasteiger partial charge in [0.05, 0.1) is 11.6 Å². The van der Waals surface area contributed by atoms with Gasteiger partial charge in [-0.2, -0.15) is 5.26 Å². The number of amides is 1. The molecule has 1 heterocycles. The van der Waals surface area contributed by atoms with E-state index in [1.165, 1.54) is 6.20 Å². The third kappa shape index (κ3) is 3.27. The molecular formula is C12H14BrN3O. The van der Waals surface area contributed by atoms with Gasteiger partial charge in [-0.1, -0.05) is 13.8 Å². The molecule has 1 aromatic rings. The van der Waals surface area contributed by atoms with Crippen LogP contribution in [0, 0.1) is 11.3 Å². The van der Waals surface area contributed by atoms with E-state index in [9.17, 15) is 4.79 Å². The zero-order valence-corrected chi connectivity index (χ0v) is 11.4. The molecule has 1 aromatic heterocycles. The minimum Gasteiger partial charge on any atom is -0.334 e. The second-order valence-electron chi connectivity index (χ2n) is 3.75.